The fraction of sp³-hybridized carbons (Fsp3) is 0.125. The first kappa shape index (κ1) is 13.6. The molecule has 1 N–H and O–H groups in total. The average molecular weight is 302 g/mol. The summed E-state index contributed by atoms with van der Waals surface area (Å²) in [6.07, 6.45) is 0. The third kappa shape index (κ3) is 2.76. The molecule has 0 aromatic heterocycles. The van der Waals surface area contributed by atoms with Crippen molar-refractivity contribution in [1.82, 2.24) is 0 Å². The zero-order chi connectivity index (χ0) is 15.0. The zero-order valence-electron chi connectivity index (χ0n) is 11.3. The van der Waals surface area contributed by atoms with E-state index in [2.05, 4.69) is 5.32 Å². The van der Waals surface area contributed by atoms with E-state index in [0.717, 1.165) is 5.56 Å². The molecule has 1 aliphatic heterocycles. The molecule has 0 fully saturated rings. The van der Waals surface area contributed by atoms with E-state index >= 15 is 0 Å². The number of rotatable bonds is 2. The van der Waals surface area contributed by atoms with E-state index in [-0.39, 0.29) is 18.3 Å². The number of hydrogen-bond acceptors (Lipinski definition) is 3. The zero-order valence-corrected chi connectivity index (χ0v) is 12.0. The van der Waals surface area contributed by atoms with Crippen molar-refractivity contribution in [2.24, 2.45) is 0 Å². The molecule has 106 valence electrons. The number of nitrogens with one attached hydrogen (secondary N) is 1. The van der Waals surface area contributed by atoms with Crippen LogP contribution in [0.1, 0.15) is 21.5 Å². The second-order valence-electron chi connectivity index (χ2n) is 4.89. The Morgan fingerprint density at radius 1 is 1.19 bits per heavy atom. The first-order chi connectivity index (χ1) is 10.0. The van der Waals surface area contributed by atoms with Gasteiger partial charge >= 0.3 is 0 Å². The van der Waals surface area contributed by atoms with Gasteiger partial charge in [0.05, 0.1) is 5.69 Å². The number of aryl methyl sites for hydroxylation is 1. The number of anilines is 1. The molecule has 1 aliphatic rings. The number of carbonyl (C=O) groups is 2. The molecule has 0 aliphatic carbocycles. The lowest BCUT2D eigenvalue weighted by Crippen LogP contribution is -2.25. The molecule has 3 rings (SSSR count). The molecule has 0 unspecified atom stereocenters. The van der Waals surface area contributed by atoms with Crippen molar-refractivity contribution in [1.29, 1.82) is 0 Å². The minimum absolute atomic E-state index is 0.00617. The monoisotopic (exact) mass is 301 g/mol. The van der Waals surface area contributed by atoms with E-state index in [9.17, 15) is 9.59 Å². The van der Waals surface area contributed by atoms with E-state index in [4.69, 9.17) is 16.3 Å². The van der Waals surface area contributed by atoms with Crippen molar-refractivity contribution in [2.75, 3.05) is 11.9 Å². The minimum atomic E-state index is -0.231. The molecule has 1 heterocycles. The average Bonchev–Trinajstić information content (AvgIpc) is 2.44. The Bertz CT molecular complexity index is 735. The molecular formula is C16H12ClNO3. The summed E-state index contributed by atoms with van der Waals surface area (Å²) in [5.41, 5.74) is 2.42. The second kappa shape index (κ2) is 5.22. The summed E-state index contributed by atoms with van der Waals surface area (Å²) in [6, 6.07) is 10.2. The van der Waals surface area contributed by atoms with E-state index in [1.54, 1.807) is 36.4 Å². The van der Waals surface area contributed by atoms with Gasteiger partial charge in [-0.25, -0.2) is 0 Å². The Morgan fingerprint density at radius 2 is 2.00 bits per heavy atom. The van der Waals surface area contributed by atoms with Gasteiger partial charge in [0, 0.05) is 16.1 Å². The van der Waals surface area contributed by atoms with Crippen LogP contribution in [0.25, 0.3) is 0 Å². The fourth-order valence-corrected chi connectivity index (χ4v) is 2.55. The number of carbonyl (C=O) groups excluding carboxylic acids is 2. The maximum atomic E-state index is 12.5. The van der Waals surface area contributed by atoms with Crippen LogP contribution in [0.4, 0.5) is 5.69 Å². The van der Waals surface area contributed by atoms with E-state index in [1.807, 2.05) is 6.92 Å². The van der Waals surface area contributed by atoms with Crippen molar-refractivity contribution >= 4 is 29.0 Å². The van der Waals surface area contributed by atoms with Crippen LogP contribution in [0.15, 0.2) is 36.4 Å². The third-order valence-electron chi connectivity index (χ3n) is 3.18. The summed E-state index contributed by atoms with van der Waals surface area (Å²) < 4.78 is 5.27. The molecule has 0 saturated carbocycles. The van der Waals surface area contributed by atoms with Gasteiger partial charge in [0.1, 0.15) is 5.75 Å². The summed E-state index contributed by atoms with van der Waals surface area (Å²) in [7, 11) is 0. The molecule has 0 saturated heterocycles. The molecule has 2 aromatic carbocycles. The summed E-state index contributed by atoms with van der Waals surface area (Å²) in [4.78, 5) is 23.8. The standard InChI is InChI=1S/C16H12ClNO3/c1-9-4-11(6-12(17)5-9)16(20)10-2-3-14-13(7-10)18-15(19)8-21-14/h2-7H,8H2,1H3,(H,18,19). The van der Waals surface area contributed by atoms with Crippen molar-refractivity contribution in [3.8, 4) is 5.75 Å². The highest BCUT2D eigenvalue weighted by atomic mass is 35.5. The lowest BCUT2D eigenvalue weighted by atomic mass is 10.0. The molecule has 2 aromatic rings. The molecule has 0 spiro atoms. The van der Waals surface area contributed by atoms with Gasteiger partial charge in [0.2, 0.25) is 0 Å². The highest BCUT2D eigenvalue weighted by Crippen LogP contribution is 2.29. The van der Waals surface area contributed by atoms with Crippen LogP contribution in [-0.2, 0) is 4.79 Å². The van der Waals surface area contributed by atoms with E-state index in [0.29, 0.717) is 27.6 Å². The predicted octanol–water partition coefficient (Wildman–Crippen LogP) is 3.21. The summed E-state index contributed by atoms with van der Waals surface area (Å²) in [5.74, 6) is 0.183. The Kier molecular flexibility index (Phi) is 3.39. The van der Waals surface area contributed by atoms with Gasteiger partial charge < -0.3 is 10.1 Å². The van der Waals surface area contributed by atoms with Gasteiger partial charge in [-0.3, -0.25) is 9.59 Å². The summed E-state index contributed by atoms with van der Waals surface area (Å²) >= 11 is 5.99. The number of amides is 1. The number of hydrogen-bond donors (Lipinski definition) is 1. The Balaban J connectivity index is 1.98. The summed E-state index contributed by atoms with van der Waals surface area (Å²) in [6.45, 7) is 1.87. The lowest BCUT2D eigenvalue weighted by molar-refractivity contribution is -0.118. The minimum Gasteiger partial charge on any atom is -0.482 e. The van der Waals surface area contributed by atoms with Gasteiger partial charge in [0.25, 0.3) is 5.91 Å². The molecule has 21 heavy (non-hydrogen) atoms. The van der Waals surface area contributed by atoms with Crippen LogP contribution < -0.4 is 10.1 Å². The van der Waals surface area contributed by atoms with Crippen LogP contribution >= 0.6 is 11.6 Å². The fourth-order valence-electron chi connectivity index (χ4n) is 2.26. The molecule has 5 heteroatoms. The smallest absolute Gasteiger partial charge is 0.262 e. The van der Waals surface area contributed by atoms with Gasteiger partial charge in [-0.05, 0) is 48.9 Å². The Morgan fingerprint density at radius 3 is 2.76 bits per heavy atom. The molecule has 0 radical (unpaired) electrons. The first-order valence-electron chi connectivity index (χ1n) is 6.41. The van der Waals surface area contributed by atoms with Crippen LogP contribution in [0, 0.1) is 6.92 Å². The molecule has 1 amide bonds. The number of ketones is 1. The van der Waals surface area contributed by atoms with E-state index in [1.165, 1.54) is 0 Å². The van der Waals surface area contributed by atoms with Gasteiger partial charge in [-0.1, -0.05) is 11.6 Å². The van der Waals surface area contributed by atoms with Crippen molar-refractivity contribution in [3.63, 3.8) is 0 Å². The molecular weight excluding hydrogens is 290 g/mol. The van der Waals surface area contributed by atoms with Gasteiger partial charge in [-0.15, -0.1) is 0 Å². The van der Waals surface area contributed by atoms with Gasteiger partial charge in [-0.2, -0.15) is 0 Å². The highest BCUT2D eigenvalue weighted by Gasteiger charge is 2.18. The normalized spacial score (nSPS) is 13.1. The lowest BCUT2D eigenvalue weighted by Gasteiger charge is -2.18. The maximum absolute atomic E-state index is 12.5. The summed E-state index contributed by atoms with van der Waals surface area (Å²) in [5, 5.41) is 3.21. The SMILES string of the molecule is Cc1cc(Cl)cc(C(=O)c2ccc3c(c2)NC(=O)CO3)c1. The van der Waals surface area contributed by atoms with E-state index < -0.39 is 0 Å². The van der Waals surface area contributed by atoms with Crippen molar-refractivity contribution in [2.45, 2.75) is 6.92 Å². The molecule has 4 nitrogen and oxygen atoms in total. The Labute approximate surface area is 126 Å². The number of fused-ring (bicyclic) bond motifs is 1. The number of benzene rings is 2. The quantitative estimate of drug-likeness (QED) is 0.867. The van der Waals surface area contributed by atoms with Crippen LogP contribution in [0.3, 0.4) is 0 Å². The first-order valence-corrected chi connectivity index (χ1v) is 6.79. The highest BCUT2D eigenvalue weighted by molar-refractivity contribution is 6.31. The van der Waals surface area contributed by atoms with Crippen molar-refractivity contribution < 1.29 is 14.3 Å². The number of halogens is 1. The largest absolute Gasteiger partial charge is 0.482 e. The molecule has 0 bridgehead atoms. The molecule has 0 atom stereocenters. The number of ether oxygens (including phenoxy) is 1. The van der Waals surface area contributed by atoms with Crippen LogP contribution in [-0.4, -0.2) is 18.3 Å². The Hall–Kier alpha value is -2.33. The van der Waals surface area contributed by atoms with Crippen LogP contribution in [0.2, 0.25) is 5.02 Å². The topological polar surface area (TPSA) is 55.4 Å². The van der Waals surface area contributed by atoms with Crippen LogP contribution in [0.5, 0.6) is 5.75 Å². The van der Waals surface area contributed by atoms with Gasteiger partial charge in [0.15, 0.2) is 12.4 Å². The third-order valence-corrected chi connectivity index (χ3v) is 3.40. The van der Waals surface area contributed by atoms with Crippen molar-refractivity contribution in [3.05, 3.63) is 58.1 Å². The maximum Gasteiger partial charge on any atom is 0.262 e. The predicted molar refractivity (Wildman–Crippen MR) is 80.2 cm³/mol. The second-order valence-corrected chi connectivity index (χ2v) is 5.33.